The summed E-state index contributed by atoms with van der Waals surface area (Å²) in [5.41, 5.74) is 1.75. The highest BCUT2D eigenvalue weighted by Gasteiger charge is 2.20. The van der Waals surface area contributed by atoms with E-state index in [2.05, 4.69) is 10.6 Å². The lowest BCUT2D eigenvalue weighted by atomic mass is 10.1. The third-order valence-corrected chi connectivity index (χ3v) is 3.44. The molecule has 1 aromatic carbocycles. The van der Waals surface area contributed by atoms with Crippen molar-refractivity contribution in [3.8, 4) is 5.75 Å². The van der Waals surface area contributed by atoms with Gasteiger partial charge in [0.2, 0.25) is 5.91 Å². The Morgan fingerprint density at radius 2 is 2.27 bits per heavy atom. The molecule has 0 radical (unpaired) electrons. The zero-order valence-electron chi connectivity index (χ0n) is 13.0. The van der Waals surface area contributed by atoms with Gasteiger partial charge in [0.05, 0.1) is 0 Å². The molecular weight excluding hydrogens is 280 g/mol. The summed E-state index contributed by atoms with van der Waals surface area (Å²) in [5.74, 6) is 0.566. The first-order valence-corrected chi connectivity index (χ1v) is 7.48. The van der Waals surface area contributed by atoms with Crippen LogP contribution in [0.1, 0.15) is 37.0 Å². The highest BCUT2D eigenvalue weighted by Crippen LogP contribution is 2.14. The van der Waals surface area contributed by atoms with Gasteiger partial charge in [-0.2, -0.15) is 0 Å². The number of nitrogens with one attached hydrogen (secondary N) is 2. The third-order valence-electron chi connectivity index (χ3n) is 3.44. The fourth-order valence-corrected chi connectivity index (χ4v) is 2.16. The molecule has 5 heteroatoms. The number of carbonyl (C=O) groups excluding carboxylic acids is 2. The number of carbonyl (C=O) groups is 2. The third kappa shape index (κ3) is 4.91. The summed E-state index contributed by atoms with van der Waals surface area (Å²) < 4.78 is 5.60. The summed E-state index contributed by atoms with van der Waals surface area (Å²) in [6.07, 6.45) is 3.11. The Bertz CT molecular complexity index is 567. The van der Waals surface area contributed by atoms with Gasteiger partial charge in [-0.25, -0.2) is 0 Å². The minimum atomic E-state index is -0.145. The Morgan fingerprint density at radius 3 is 2.95 bits per heavy atom. The minimum Gasteiger partial charge on any atom is -0.490 e. The predicted molar refractivity (Wildman–Crippen MR) is 84.9 cm³/mol. The van der Waals surface area contributed by atoms with Crippen molar-refractivity contribution < 1.29 is 14.3 Å². The van der Waals surface area contributed by atoms with Crippen LogP contribution < -0.4 is 15.4 Å². The lowest BCUT2D eigenvalue weighted by Gasteiger charge is -2.23. The molecule has 22 heavy (non-hydrogen) atoms. The highest BCUT2D eigenvalue weighted by atomic mass is 16.5. The van der Waals surface area contributed by atoms with Crippen LogP contribution in [0, 0.1) is 0 Å². The molecule has 0 aromatic heterocycles. The highest BCUT2D eigenvalue weighted by molar-refractivity contribution is 5.94. The van der Waals surface area contributed by atoms with Gasteiger partial charge in [0, 0.05) is 24.6 Å². The van der Waals surface area contributed by atoms with Crippen molar-refractivity contribution in [1.82, 2.24) is 10.6 Å². The van der Waals surface area contributed by atoms with E-state index in [4.69, 9.17) is 4.74 Å². The van der Waals surface area contributed by atoms with Crippen molar-refractivity contribution in [1.29, 1.82) is 0 Å². The molecule has 1 aliphatic heterocycles. The van der Waals surface area contributed by atoms with E-state index in [1.54, 1.807) is 18.2 Å². The molecule has 118 valence electrons. The van der Waals surface area contributed by atoms with Gasteiger partial charge in [0.15, 0.2) is 0 Å². The Hall–Kier alpha value is -2.30. The van der Waals surface area contributed by atoms with E-state index in [1.807, 2.05) is 26.0 Å². The van der Waals surface area contributed by atoms with E-state index in [0.29, 0.717) is 37.3 Å². The molecule has 5 nitrogen and oxygen atoms in total. The molecule has 1 aliphatic rings. The Labute approximate surface area is 130 Å². The number of piperidine rings is 1. The topological polar surface area (TPSA) is 67.4 Å². The second-order valence-electron chi connectivity index (χ2n) is 5.63. The minimum absolute atomic E-state index is 0.0135. The van der Waals surface area contributed by atoms with Crippen molar-refractivity contribution in [3.63, 3.8) is 0 Å². The summed E-state index contributed by atoms with van der Waals surface area (Å²) in [6, 6.07) is 7.10. The fourth-order valence-electron chi connectivity index (χ4n) is 2.16. The maximum atomic E-state index is 12.2. The van der Waals surface area contributed by atoms with Crippen molar-refractivity contribution in [2.24, 2.45) is 0 Å². The van der Waals surface area contributed by atoms with Crippen LogP contribution in [0.4, 0.5) is 0 Å². The zero-order chi connectivity index (χ0) is 15.9. The summed E-state index contributed by atoms with van der Waals surface area (Å²) >= 11 is 0. The van der Waals surface area contributed by atoms with Gasteiger partial charge < -0.3 is 15.4 Å². The number of allylic oxidation sites excluding steroid dienone is 1. The molecule has 1 atom stereocenters. The van der Waals surface area contributed by atoms with Gasteiger partial charge >= 0.3 is 0 Å². The molecule has 0 saturated carbocycles. The van der Waals surface area contributed by atoms with Crippen LogP contribution in [0.3, 0.4) is 0 Å². The monoisotopic (exact) mass is 302 g/mol. The normalized spacial score (nSPS) is 17.4. The molecule has 0 aliphatic carbocycles. The van der Waals surface area contributed by atoms with Crippen molar-refractivity contribution in [2.75, 3.05) is 13.2 Å². The van der Waals surface area contributed by atoms with Crippen LogP contribution in [0.25, 0.3) is 0 Å². The fraction of sp³-hybridized carbons (Fsp3) is 0.412. The molecule has 0 unspecified atom stereocenters. The van der Waals surface area contributed by atoms with E-state index in [1.165, 1.54) is 5.57 Å². The Balaban J connectivity index is 1.92. The first kappa shape index (κ1) is 16.1. The second kappa shape index (κ2) is 7.64. The smallest absolute Gasteiger partial charge is 0.251 e. The van der Waals surface area contributed by atoms with E-state index in [-0.39, 0.29) is 17.9 Å². The van der Waals surface area contributed by atoms with Gasteiger partial charge in [-0.1, -0.05) is 11.6 Å². The van der Waals surface area contributed by atoms with E-state index < -0.39 is 0 Å². The van der Waals surface area contributed by atoms with E-state index in [9.17, 15) is 9.59 Å². The molecule has 1 saturated heterocycles. The Morgan fingerprint density at radius 1 is 1.45 bits per heavy atom. The number of hydrogen-bond acceptors (Lipinski definition) is 3. The molecule has 0 spiro atoms. The van der Waals surface area contributed by atoms with Gasteiger partial charge in [0.1, 0.15) is 12.4 Å². The maximum absolute atomic E-state index is 12.2. The van der Waals surface area contributed by atoms with Crippen LogP contribution in [0.2, 0.25) is 0 Å². The van der Waals surface area contributed by atoms with Crippen molar-refractivity contribution in [3.05, 3.63) is 41.5 Å². The van der Waals surface area contributed by atoms with E-state index in [0.717, 1.165) is 0 Å². The largest absolute Gasteiger partial charge is 0.490 e. The molecule has 0 bridgehead atoms. The lowest BCUT2D eigenvalue weighted by molar-refractivity contribution is -0.122. The second-order valence-corrected chi connectivity index (χ2v) is 5.63. The quantitative estimate of drug-likeness (QED) is 0.818. The lowest BCUT2D eigenvalue weighted by Crippen LogP contribution is -2.47. The predicted octanol–water partition coefficient (Wildman–Crippen LogP) is 2.04. The number of benzene rings is 1. The van der Waals surface area contributed by atoms with Crippen LogP contribution in [0.15, 0.2) is 35.9 Å². The summed E-state index contributed by atoms with van der Waals surface area (Å²) in [4.78, 5) is 23.3. The average molecular weight is 302 g/mol. The molecule has 1 heterocycles. The van der Waals surface area contributed by atoms with Crippen molar-refractivity contribution >= 4 is 11.8 Å². The summed E-state index contributed by atoms with van der Waals surface area (Å²) in [7, 11) is 0. The maximum Gasteiger partial charge on any atom is 0.251 e. The molecule has 1 aromatic rings. The molecule has 2 N–H and O–H groups in total. The van der Waals surface area contributed by atoms with Gasteiger partial charge in [-0.15, -0.1) is 0 Å². The summed E-state index contributed by atoms with van der Waals surface area (Å²) in [5, 5.41) is 5.69. The van der Waals surface area contributed by atoms with Crippen LogP contribution in [0.5, 0.6) is 5.75 Å². The number of hydrogen-bond donors (Lipinski definition) is 2. The first-order chi connectivity index (χ1) is 10.5. The van der Waals surface area contributed by atoms with Crippen molar-refractivity contribution in [2.45, 2.75) is 32.7 Å². The number of ether oxygens (including phenoxy) is 1. The number of amides is 2. The molecule has 2 rings (SSSR count). The average Bonchev–Trinajstić information content (AvgIpc) is 2.49. The van der Waals surface area contributed by atoms with Gasteiger partial charge in [0.25, 0.3) is 5.91 Å². The summed E-state index contributed by atoms with van der Waals surface area (Å²) in [6.45, 7) is 5.00. The van der Waals surface area contributed by atoms with Crippen LogP contribution in [-0.2, 0) is 4.79 Å². The molecule has 2 amide bonds. The van der Waals surface area contributed by atoms with Gasteiger partial charge in [-0.05, 0) is 44.5 Å². The van der Waals surface area contributed by atoms with E-state index >= 15 is 0 Å². The standard InChI is InChI=1S/C17H22N2O3/c1-12(2)8-9-22-15-5-3-4-13(10-15)17(21)19-14-6-7-16(20)18-11-14/h3-5,8,10,14H,6-7,9,11H2,1-2H3,(H,18,20)(H,19,21)/t14-/m0/s1. The van der Waals surface area contributed by atoms with Crippen LogP contribution in [-0.4, -0.2) is 31.0 Å². The van der Waals surface area contributed by atoms with Gasteiger partial charge in [-0.3, -0.25) is 9.59 Å². The number of rotatable bonds is 5. The Kier molecular flexibility index (Phi) is 5.58. The molecule has 1 fully saturated rings. The van der Waals surface area contributed by atoms with Crippen LogP contribution >= 0.6 is 0 Å². The molecular formula is C17H22N2O3. The zero-order valence-corrected chi connectivity index (χ0v) is 13.0. The SMILES string of the molecule is CC(C)=CCOc1cccc(C(=O)N[C@H]2CCC(=O)NC2)c1. The first-order valence-electron chi connectivity index (χ1n) is 7.48.